The Morgan fingerprint density at radius 3 is 2.52 bits per heavy atom. The number of ether oxygens (including phenoxy) is 1. The number of nitrogen functional groups attached to an aromatic ring is 1. The average molecular weight is 285 g/mol. The molecule has 0 amide bonds. The van der Waals surface area contributed by atoms with Gasteiger partial charge in [-0.3, -0.25) is 0 Å². The molecule has 2 aromatic rings. The van der Waals surface area contributed by atoms with Crippen molar-refractivity contribution in [3.63, 3.8) is 0 Å². The quantitative estimate of drug-likeness (QED) is 0.853. The molecule has 0 spiro atoms. The molecule has 0 bridgehead atoms. The molecule has 4 heteroatoms. The van der Waals surface area contributed by atoms with Gasteiger partial charge in [-0.1, -0.05) is 30.3 Å². The highest BCUT2D eigenvalue weighted by atomic mass is 16.5. The Hall–Kier alpha value is -2.23. The monoisotopic (exact) mass is 285 g/mol. The number of nitrogens with zero attached hydrogens (tertiary/aromatic N) is 1. The Labute approximate surface area is 126 Å². The lowest BCUT2D eigenvalue weighted by atomic mass is 9.95. The average Bonchev–Trinajstić information content (AvgIpc) is 2.48. The number of rotatable bonds is 6. The van der Waals surface area contributed by atoms with E-state index in [4.69, 9.17) is 10.5 Å². The van der Waals surface area contributed by atoms with Gasteiger partial charge in [0.05, 0.1) is 12.8 Å². The van der Waals surface area contributed by atoms with Gasteiger partial charge >= 0.3 is 0 Å². The lowest BCUT2D eigenvalue weighted by Crippen LogP contribution is -2.32. The van der Waals surface area contributed by atoms with E-state index in [1.807, 2.05) is 6.07 Å². The maximum Gasteiger partial charge on any atom is 0.215 e. The highest BCUT2D eigenvalue weighted by Crippen LogP contribution is 2.25. The van der Waals surface area contributed by atoms with Gasteiger partial charge in [-0.05, 0) is 38.3 Å². The molecule has 0 aliphatic heterocycles. The SMILES string of the molecule is COc1ccc(N)c(NC(C)(C)CCc2ccccc2)n1. The minimum atomic E-state index is -0.108. The molecule has 3 N–H and O–H groups in total. The normalized spacial score (nSPS) is 11.2. The number of nitrogens with one attached hydrogen (secondary N) is 1. The Morgan fingerprint density at radius 1 is 1.14 bits per heavy atom. The van der Waals surface area contributed by atoms with Crippen molar-refractivity contribution in [1.29, 1.82) is 0 Å². The first-order chi connectivity index (χ1) is 10.00. The highest BCUT2D eigenvalue weighted by Gasteiger charge is 2.19. The van der Waals surface area contributed by atoms with Gasteiger partial charge in [0.15, 0.2) is 5.82 Å². The molecule has 0 saturated carbocycles. The van der Waals surface area contributed by atoms with Crippen molar-refractivity contribution < 1.29 is 4.74 Å². The second-order valence-corrected chi connectivity index (χ2v) is 5.79. The van der Waals surface area contributed by atoms with Crippen molar-refractivity contribution in [3.8, 4) is 5.88 Å². The number of nitrogens with two attached hydrogens (primary N) is 1. The summed E-state index contributed by atoms with van der Waals surface area (Å²) in [6.07, 6.45) is 1.99. The minimum absolute atomic E-state index is 0.108. The van der Waals surface area contributed by atoms with Crippen LogP contribution in [0.5, 0.6) is 5.88 Å². The summed E-state index contributed by atoms with van der Waals surface area (Å²) in [6, 6.07) is 14.0. The summed E-state index contributed by atoms with van der Waals surface area (Å²) < 4.78 is 5.15. The van der Waals surface area contributed by atoms with Crippen LogP contribution in [0.2, 0.25) is 0 Å². The molecule has 0 fully saturated rings. The third-order valence-electron chi connectivity index (χ3n) is 3.45. The van der Waals surface area contributed by atoms with Gasteiger partial charge in [-0.15, -0.1) is 0 Å². The van der Waals surface area contributed by atoms with Crippen molar-refractivity contribution in [2.45, 2.75) is 32.2 Å². The maximum atomic E-state index is 5.98. The molecule has 0 aliphatic rings. The first kappa shape index (κ1) is 15.2. The molecule has 0 radical (unpaired) electrons. The van der Waals surface area contributed by atoms with Crippen LogP contribution in [0.4, 0.5) is 11.5 Å². The van der Waals surface area contributed by atoms with Crippen molar-refractivity contribution >= 4 is 11.5 Å². The maximum absolute atomic E-state index is 5.98. The van der Waals surface area contributed by atoms with Crippen molar-refractivity contribution in [3.05, 3.63) is 48.0 Å². The first-order valence-corrected chi connectivity index (χ1v) is 7.13. The number of pyridine rings is 1. The van der Waals surface area contributed by atoms with Crippen LogP contribution >= 0.6 is 0 Å². The van der Waals surface area contributed by atoms with Crippen LogP contribution in [-0.4, -0.2) is 17.6 Å². The van der Waals surface area contributed by atoms with Crippen LogP contribution < -0.4 is 15.8 Å². The Kier molecular flexibility index (Phi) is 4.68. The van der Waals surface area contributed by atoms with Crippen LogP contribution in [0.3, 0.4) is 0 Å². The topological polar surface area (TPSA) is 60.2 Å². The minimum Gasteiger partial charge on any atom is -0.481 e. The summed E-state index contributed by atoms with van der Waals surface area (Å²) in [5, 5.41) is 3.42. The van der Waals surface area contributed by atoms with E-state index < -0.39 is 0 Å². The summed E-state index contributed by atoms with van der Waals surface area (Å²) in [5.41, 5.74) is 7.83. The number of hydrogen-bond donors (Lipinski definition) is 2. The van der Waals surface area contributed by atoms with Crippen LogP contribution in [0.15, 0.2) is 42.5 Å². The number of methoxy groups -OCH3 is 1. The molecule has 1 heterocycles. The molecule has 0 aliphatic carbocycles. The van der Waals surface area contributed by atoms with Gasteiger partial charge in [-0.2, -0.15) is 4.98 Å². The lowest BCUT2D eigenvalue weighted by molar-refractivity contribution is 0.398. The fourth-order valence-corrected chi connectivity index (χ4v) is 2.15. The highest BCUT2D eigenvalue weighted by molar-refractivity contribution is 5.62. The van der Waals surface area contributed by atoms with Gasteiger partial charge in [0.1, 0.15) is 0 Å². The zero-order valence-electron chi connectivity index (χ0n) is 12.9. The summed E-state index contributed by atoms with van der Waals surface area (Å²) in [7, 11) is 1.60. The standard InChI is InChI=1S/C17H23N3O/c1-17(2,12-11-13-7-5-4-6-8-13)20-16-14(18)9-10-15(19-16)21-3/h4-10H,11-12,18H2,1-3H3,(H,19,20). The Bertz CT molecular complexity index is 582. The zero-order valence-corrected chi connectivity index (χ0v) is 12.9. The number of anilines is 2. The van der Waals surface area contributed by atoms with Crippen LogP contribution in [0.25, 0.3) is 0 Å². The van der Waals surface area contributed by atoms with E-state index in [2.05, 4.69) is 48.4 Å². The van der Waals surface area contributed by atoms with E-state index in [9.17, 15) is 0 Å². The van der Waals surface area contributed by atoms with Gasteiger partial charge in [0, 0.05) is 11.6 Å². The molecule has 2 rings (SSSR count). The molecule has 1 aromatic heterocycles. The van der Waals surface area contributed by atoms with Gasteiger partial charge in [0.25, 0.3) is 0 Å². The number of hydrogen-bond acceptors (Lipinski definition) is 4. The number of benzene rings is 1. The van der Waals surface area contributed by atoms with Crippen LogP contribution in [-0.2, 0) is 6.42 Å². The Morgan fingerprint density at radius 2 is 1.86 bits per heavy atom. The smallest absolute Gasteiger partial charge is 0.215 e. The van der Waals surface area contributed by atoms with Crippen molar-refractivity contribution in [1.82, 2.24) is 4.98 Å². The predicted octanol–water partition coefficient (Wildman–Crippen LogP) is 3.50. The molecule has 21 heavy (non-hydrogen) atoms. The molecule has 4 nitrogen and oxygen atoms in total. The first-order valence-electron chi connectivity index (χ1n) is 7.13. The number of aromatic nitrogens is 1. The molecule has 112 valence electrons. The fraction of sp³-hybridized carbons (Fsp3) is 0.353. The summed E-state index contributed by atoms with van der Waals surface area (Å²) in [5.74, 6) is 1.23. The van der Waals surface area contributed by atoms with Gasteiger partial charge < -0.3 is 15.8 Å². The fourth-order valence-electron chi connectivity index (χ4n) is 2.15. The molecule has 0 saturated heterocycles. The summed E-state index contributed by atoms with van der Waals surface area (Å²) >= 11 is 0. The Balaban J connectivity index is 2.03. The van der Waals surface area contributed by atoms with Crippen LogP contribution in [0, 0.1) is 0 Å². The van der Waals surface area contributed by atoms with Gasteiger partial charge in [-0.25, -0.2) is 0 Å². The third-order valence-corrected chi connectivity index (χ3v) is 3.45. The van der Waals surface area contributed by atoms with E-state index in [1.165, 1.54) is 5.56 Å². The van der Waals surface area contributed by atoms with E-state index in [0.29, 0.717) is 17.4 Å². The molecule has 0 atom stereocenters. The molecule has 1 aromatic carbocycles. The van der Waals surface area contributed by atoms with Crippen molar-refractivity contribution in [2.75, 3.05) is 18.2 Å². The molecule has 0 unspecified atom stereocenters. The van der Waals surface area contributed by atoms with Crippen molar-refractivity contribution in [2.24, 2.45) is 0 Å². The van der Waals surface area contributed by atoms with Crippen LogP contribution in [0.1, 0.15) is 25.8 Å². The largest absolute Gasteiger partial charge is 0.481 e. The van der Waals surface area contributed by atoms with E-state index in [-0.39, 0.29) is 5.54 Å². The lowest BCUT2D eigenvalue weighted by Gasteiger charge is -2.27. The molecular weight excluding hydrogens is 262 g/mol. The predicted molar refractivity (Wildman–Crippen MR) is 87.7 cm³/mol. The van der Waals surface area contributed by atoms with Gasteiger partial charge in [0.2, 0.25) is 5.88 Å². The summed E-state index contributed by atoms with van der Waals surface area (Å²) in [4.78, 5) is 4.37. The second-order valence-electron chi connectivity index (χ2n) is 5.79. The summed E-state index contributed by atoms with van der Waals surface area (Å²) in [6.45, 7) is 4.30. The van der Waals surface area contributed by atoms with E-state index in [0.717, 1.165) is 12.8 Å². The number of aryl methyl sites for hydroxylation is 1. The zero-order chi connectivity index (χ0) is 15.3. The van der Waals surface area contributed by atoms with E-state index >= 15 is 0 Å². The third kappa shape index (κ3) is 4.38. The second kappa shape index (κ2) is 6.48. The van der Waals surface area contributed by atoms with E-state index in [1.54, 1.807) is 19.2 Å². The molecular formula is C17H23N3O.